The Labute approximate surface area is 171 Å². The summed E-state index contributed by atoms with van der Waals surface area (Å²) in [5.74, 6) is -1.00. The van der Waals surface area contributed by atoms with Gasteiger partial charge in [-0.1, -0.05) is 74.0 Å². The van der Waals surface area contributed by atoms with Gasteiger partial charge in [0.2, 0.25) is 0 Å². The Kier molecular flexibility index (Phi) is 6.83. The zero-order chi connectivity index (χ0) is 20.8. The molecule has 152 valence electrons. The van der Waals surface area contributed by atoms with E-state index in [0.717, 1.165) is 30.5 Å². The first-order valence-corrected chi connectivity index (χ1v) is 9.90. The van der Waals surface area contributed by atoms with E-state index in [1.807, 2.05) is 60.7 Å². The molecule has 3 rings (SSSR count). The van der Waals surface area contributed by atoms with Gasteiger partial charge in [0.05, 0.1) is 37.4 Å². The number of methoxy groups -OCH3 is 2. The van der Waals surface area contributed by atoms with Gasteiger partial charge in [0, 0.05) is 6.54 Å². The van der Waals surface area contributed by atoms with E-state index in [2.05, 4.69) is 11.8 Å². The van der Waals surface area contributed by atoms with Gasteiger partial charge in [-0.05, 0) is 17.5 Å². The number of rotatable bonds is 7. The van der Waals surface area contributed by atoms with Gasteiger partial charge in [0.25, 0.3) is 0 Å². The van der Waals surface area contributed by atoms with Crippen molar-refractivity contribution in [1.82, 2.24) is 4.90 Å². The zero-order valence-corrected chi connectivity index (χ0v) is 17.1. The monoisotopic (exact) mass is 393 g/mol. The number of carbonyl (C=O) groups excluding carboxylic acids is 2. The van der Waals surface area contributed by atoms with Gasteiger partial charge in [-0.3, -0.25) is 4.90 Å². The van der Waals surface area contributed by atoms with Crippen LogP contribution in [0.5, 0.6) is 0 Å². The summed E-state index contributed by atoms with van der Waals surface area (Å²) in [4.78, 5) is 28.0. The average Bonchev–Trinajstić information content (AvgIpc) is 3.12. The number of esters is 2. The van der Waals surface area contributed by atoms with Crippen molar-refractivity contribution in [2.24, 2.45) is 0 Å². The lowest BCUT2D eigenvalue weighted by Gasteiger charge is -2.32. The lowest BCUT2D eigenvalue weighted by atomic mass is 9.95. The van der Waals surface area contributed by atoms with Gasteiger partial charge in [-0.2, -0.15) is 0 Å². The lowest BCUT2D eigenvalue weighted by molar-refractivity contribution is -0.139. The summed E-state index contributed by atoms with van der Waals surface area (Å²) in [6, 6.07) is 18.8. The Morgan fingerprint density at radius 2 is 1.21 bits per heavy atom. The molecule has 0 amide bonds. The van der Waals surface area contributed by atoms with Crippen molar-refractivity contribution in [2.45, 2.75) is 31.8 Å². The maximum absolute atomic E-state index is 12.9. The number of nitrogens with zero attached hydrogens (tertiary/aromatic N) is 1. The van der Waals surface area contributed by atoms with E-state index in [-0.39, 0.29) is 12.1 Å². The van der Waals surface area contributed by atoms with Gasteiger partial charge >= 0.3 is 11.9 Å². The van der Waals surface area contributed by atoms with E-state index in [1.165, 1.54) is 14.2 Å². The molecule has 0 spiro atoms. The third-order valence-electron chi connectivity index (χ3n) is 5.31. The van der Waals surface area contributed by atoms with Gasteiger partial charge in [0.15, 0.2) is 0 Å². The van der Waals surface area contributed by atoms with Crippen LogP contribution in [-0.4, -0.2) is 37.6 Å². The smallest absolute Gasteiger partial charge is 0.336 e. The number of hydrogen-bond donors (Lipinski definition) is 0. The van der Waals surface area contributed by atoms with Crippen LogP contribution in [0, 0.1) is 0 Å². The predicted molar refractivity (Wildman–Crippen MR) is 111 cm³/mol. The summed E-state index contributed by atoms with van der Waals surface area (Å²) in [6.07, 6.45) is 1.94. The maximum Gasteiger partial charge on any atom is 0.336 e. The zero-order valence-electron chi connectivity index (χ0n) is 17.1. The Bertz CT molecular complexity index is 807. The third kappa shape index (κ3) is 4.10. The Balaban J connectivity index is 2.26. The molecule has 29 heavy (non-hydrogen) atoms. The summed E-state index contributed by atoms with van der Waals surface area (Å²) in [7, 11) is 2.69. The van der Waals surface area contributed by atoms with Gasteiger partial charge in [-0.15, -0.1) is 0 Å². The minimum absolute atomic E-state index is 0.357. The summed E-state index contributed by atoms with van der Waals surface area (Å²) in [5, 5.41) is 0. The van der Waals surface area contributed by atoms with E-state index in [1.54, 1.807) is 0 Å². The van der Waals surface area contributed by atoms with Crippen molar-refractivity contribution in [3.8, 4) is 0 Å². The SMILES string of the molecule is CCCCN1[C@@H](c2ccccc2)C(C(=O)OC)=C(C(=O)OC)[C@@H]1c1ccccc1. The van der Waals surface area contributed by atoms with E-state index < -0.39 is 11.9 Å². The predicted octanol–water partition coefficient (Wildman–Crippen LogP) is 4.23. The maximum atomic E-state index is 12.9. The first-order chi connectivity index (χ1) is 14.1. The summed E-state index contributed by atoms with van der Waals surface area (Å²) in [6.45, 7) is 2.86. The molecular formula is C24H27NO4. The quantitative estimate of drug-likeness (QED) is 0.659. The van der Waals surface area contributed by atoms with Crippen LogP contribution >= 0.6 is 0 Å². The standard InChI is InChI=1S/C24H27NO4/c1-4-5-16-25-21(17-12-8-6-9-13-17)19(23(26)28-2)20(24(27)29-3)22(25)18-14-10-7-11-15-18/h6-15,21-22H,4-5,16H2,1-3H3/t21-,22-/m0/s1. The van der Waals surface area contributed by atoms with Crippen LogP contribution in [0.15, 0.2) is 71.8 Å². The van der Waals surface area contributed by atoms with Crippen LogP contribution in [0.25, 0.3) is 0 Å². The van der Waals surface area contributed by atoms with E-state index in [9.17, 15) is 9.59 Å². The number of carbonyl (C=O) groups is 2. The van der Waals surface area contributed by atoms with Gasteiger partial charge in [-0.25, -0.2) is 9.59 Å². The van der Waals surface area contributed by atoms with Crippen molar-refractivity contribution < 1.29 is 19.1 Å². The number of ether oxygens (including phenoxy) is 2. The van der Waals surface area contributed by atoms with Crippen LogP contribution < -0.4 is 0 Å². The Morgan fingerprint density at radius 1 is 0.793 bits per heavy atom. The lowest BCUT2D eigenvalue weighted by Crippen LogP contribution is -2.31. The second kappa shape index (κ2) is 9.52. The summed E-state index contributed by atoms with van der Waals surface area (Å²) in [5.41, 5.74) is 2.61. The molecule has 0 aliphatic carbocycles. The molecule has 0 saturated heterocycles. The molecule has 2 aromatic carbocycles. The van der Waals surface area contributed by atoms with Crippen LogP contribution in [0.2, 0.25) is 0 Å². The fraction of sp³-hybridized carbons (Fsp3) is 0.333. The van der Waals surface area contributed by atoms with Crippen molar-refractivity contribution >= 4 is 11.9 Å². The van der Waals surface area contributed by atoms with Crippen molar-refractivity contribution in [3.05, 3.63) is 82.9 Å². The molecule has 0 radical (unpaired) electrons. The highest BCUT2D eigenvalue weighted by molar-refractivity contribution is 6.03. The van der Waals surface area contributed by atoms with E-state index in [0.29, 0.717) is 11.1 Å². The fourth-order valence-electron chi connectivity index (χ4n) is 4.02. The number of hydrogen-bond acceptors (Lipinski definition) is 5. The molecule has 0 fully saturated rings. The average molecular weight is 393 g/mol. The van der Waals surface area contributed by atoms with Crippen molar-refractivity contribution in [3.63, 3.8) is 0 Å². The van der Waals surface area contributed by atoms with Crippen LogP contribution in [0.4, 0.5) is 0 Å². The first-order valence-electron chi connectivity index (χ1n) is 9.90. The number of benzene rings is 2. The second-order valence-corrected chi connectivity index (χ2v) is 7.03. The first kappa shape index (κ1) is 20.8. The fourth-order valence-corrected chi connectivity index (χ4v) is 4.02. The number of unbranched alkanes of at least 4 members (excludes halogenated alkanes) is 1. The molecule has 1 aliphatic rings. The molecule has 2 aromatic rings. The van der Waals surface area contributed by atoms with Crippen molar-refractivity contribution in [2.75, 3.05) is 20.8 Å². The molecule has 5 heteroatoms. The largest absolute Gasteiger partial charge is 0.466 e. The molecule has 1 heterocycles. The molecule has 1 aliphatic heterocycles. The Hall–Kier alpha value is -2.92. The third-order valence-corrected chi connectivity index (χ3v) is 5.31. The summed E-state index contributed by atoms with van der Waals surface area (Å²) < 4.78 is 10.2. The van der Waals surface area contributed by atoms with E-state index >= 15 is 0 Å². The normalized spacial score (nSPS) is 19.3. The van der Waals surface area contributed by atoms with Crippen molar-refractivity contribution in [1.29, 1.82) is 0 Å². The molecule has 5 nitrogen and oxygen atoms in total. The molecule has 0 saturated carbocycles. The molecule has 0 bridgehead atoms. The topological polar surface area (TPSA) is 55.8 Å². The molecule has 0 aromatic heterocycles. The molecule has 2 atom stereocenters. The highest BCUT2D eigenvalue weighted by atomic mass is 16.5. The van der Waals surface area contributed by atoms with E-state index in [4.69, 9.17) is 9.47 Å². The summed E-state index contributed by atoms with van der Waals surface area (Å²) >= 11 is 0. The molecular weight excluding hydrogens is 366 g/mol. The highest BCUT2D eigenvalue weighted by Crippen LogP contribution is 2.48. The molecule has 0 unspecified atom stereocenters. The minimum atomic E-state index is -0.501. The Morgan fingerprint density at radius 3 is 1.55 bits per heavy atom. The van der Waals surface area contributed by atoms with Gasteiger partial charge < -0.3 is 9.47 Å². The highest BCUT2D eigenvalue weighted by Gasteiger charge is 2.47. The molecule has 0 N–H and O–H groups in total. The second-order valence-electron chi connectivity index (χ2n) is 7.03. The van der Waals surface area contributed by atoms with Crippen LogP contribution in [0.3, 0.4) is 0 Å². The minimum Gasteiger partial charge on any atom is -0.466 e. The van der Waals surface area contributed by atoms with Crippen LogP contribution in [-0.2, 0) is 19.1 Å². The van der Waals surface area contributed by atoms with Gasteiger partial charge in [0.1, 0.15) is 0 Å². The van der Waals surface area contributed by atoms with Crippen LogP contribution in [0.1, 0.15) is 43.0 Å².